The molecule has 5 nitrogen and oxygen atoms in total. The van der Waals surface area contributed by atoms with Gasteiger partial charge < -0.3 is 14.8 Å². The first kappa shape index (κ1) is 22.6. The number of hydrogen-bond donors (Lipinski definition) is 1. The summed E-state index contributed by atoms with van der Waals surface area (Å²) >= 11 is 7.83. The number of aromatic nitrogens is 1. The molecule has 7 heteroatoms. The largest absolute Gasteiger partial charge is 0.497 e. The van der Waals surface area contributed by atoms with E-state index in [1.807, 2.05) is 60.0 Å². The number of benzene rings is 3. The number of rotatable bonds is 7. The van der Waals surface area contributed by atoms with Gasteiger partial charge in [-0.1, -0.05) is 41.9 Å². The molecule has 1 amide bonds. The zero-order valence-corrected chi connectivity index (χ0v) is 19.6. The fourth-order valence-corrected chi connectivity index (χ4v) is 4.39. The second-order valence-electron chi connectivity index (χ2n) is 7.03. The Labute approximate surface area is 201 Å². The van der Waals surface area contributed by atoms with Crippen LogP contribution in [0, 0.1) is 0 Å². The molecule has 3 aromatic carbocycles. The first-order valence-electron chi connectivity index (χ1n) is 10.1. The summed E-state index contributed by atoms with van der Waals surface area (Å²) in [6, 6.07) is 20.6. The highest BCUT2D eigenvalue weighted by Crippen LogP contribution is 2.33. The Kier molecular flexibility index (Phi) is 7.07. The predicted octanol–water partition coefficient (Wildman–Crippen LogP) is 6.80. The number of nitrogens with one attached hydrogen (secondary N) is 1. The van der Waals surface area contributed by atoms with Crippen molar-refractivity contribution in [2.24, 2.45) is 0 Å². The van der Waals surface area contributed by atoms with Crippen LogP contribution in [0.2, 0.25) is 5.02 Å². The third-order valence-corrected chi connectivity index (χ3v) is 6.09. The summed E-state index contributed by atoms with van der Waals surface area (Å²) in [4.78, 5) is 17.2. The van der Waals surface area contributed by atoms with Gasteiger partial charge in [-0.25, -0.2) is 4.98 Å². The highest BCUT2D eigenvalue weighted by Gasteiger charge is 2.10. The molecule has 1 N–H and O–H groups in total. The number of methoxy groups -OCH3 is 2. The average molecular weight is 477 g/mol. The van der Waals surface area contributed by atoms with E-state index in [1.54, 1.807) is 32.4 Å². The quantitative estimate of drug-likeness (QED) is 0.298. The molecular weight excluding hydrogens is 456 g/mol. The lowest BCUT2D eigenvalue weighted by Crippen LogP contribution is -2.07. The van der Waals surface area contributed by atoms with E-state index in [0.29, 0.717) is 22.2 Å². The topological polar surface area (TPSA) is 60.5 Å². The van der Waals surface area contributed by atoms with Crippen LogP contribution in [0.25, 0.3) is 27.9 Å². The van der Waals surface area contributed by atoms with Crippen LogP contribution in [0.15, 0.2) is 78.2 Å². The van der Waals surface area contributed by atoms with Crippen LogP contribution in [0.5, 0.6) is 11.5 Å². The molecule has 1 heterocycles. The molecule has 0 unspecified atom stereocenters. The molecule has 0 aliphatic carbocycles. The normalized spacial score (nSPS) is 10.9. The number of nitrogens with zero attached hydrogens (tertiary/aromatic N) is 1. The number of carbonyl (C=O) groups is 1. The molecule has 0 aliphatic rings. The lowest BCUT2D eigenvalue weighted by Gasteiger charge is -2.07. The zero-order valence-electron chi connectivity index (χ0n) is 18.0. The number of anilines is 1. The van der Waals surface area contributed by atoms with Crippen molar-refractivity contribution in [2.45, 2.75) is 0 Å². The number of amides is 1. The van der Waals surface area contributed by atoms with E-state index in [0.717, 1.165) is 27.4 Å². The number of thiazole rings is 1. The Balaban J connectivity index is 1.50. The summed E-state index contributed by atoms with van der Waals surface area (Å²) in [6.07, 6.45) is 3.15. The molecule has 4 aromatic rings. The Morgan fingerprint density at radius 1 is 1.03 bits per heavy atom. The second-order valence-corrected chi connectivity index (χ2v) is 8.29. The van der Waals surface area contributed by atoms with E-state index in [4.69, 9.17) is 26.1 Å². The number of ether oxygens (including phenoxy) is 2. The molecular formula is C26H21ClN2O3S. The van der Waals surface area contributed by atoms with Gasteiger partial charge in [-0.15, -0.1) is 11.3 Å². The van der Waals surface area contributed by atoms with Crippen molar-refractivity contribution in [1.82, 2.24) is 4.98 Å². The van der Waals surface area contributed by atoms with Crippen LogP contribution in [-0.4, -0.2) is 25.1 Å². The molecule has 0 fully saturated rings. The molecule has 0 aliphatic heterocycles. The van der Waals surface area contributed by atoms with Crippen LogP contribution < -0.4 is 14.8 Å². The van der Waals surface area contributed by atoms with Crippen LogP contribution in [0.1, 0.15) is 5.56 Å². The third-order valence-electron chi connectivity index (χ3n) is 4.89. The molecule has 1 aromatic heterocycles. The molecule has 166 valence electrons. The second kappa shape index (κ2) is 10.3. The van der Waals surface area contributed by atoms with Crippen LogP contribution in [-0.2, 0) is 4.79 Å². The van der Waals surface area contributed by atoms with Crippen molar-refractivity contribution < 1.29 is 14.3 Å². The monoisotopic (exact) mass is 476 g/mol. The van der Waals surface area contributed by atoms with E-state index in [2.05, 4.69) is 5.32 Å². The number of halogens is 1. The van der Waals surface area contributed by atoms with E-state index in [-0.39, 0.29) is 5.91 Å². The molecule has 4 rings (SSSR count). The SMILES string of the molecule is COc1ccc(OC)c(/C=C/C(=O)Nc2cccc(-c3csc(-c4ccccc4Cl)n3)c2)c1. The molecule has 0 atom stereocenters. The maximum absolute atomic E-state index is 12.5. The van der Waals surface area contributed by atoms with Gasteiger partial charge in [0.1, 0.15) is 16.5 Å². The summed E-state index contributed by atoms with van der Waals surface area (Å²) in [5.41, 5.74) is 4.05. The lowest BCUT2D eigenvalue weighted by atomic mass is 10.1. The lowest BCUT2D eigenvalue weighted by molar-refractivity contribution is -0.111. The summed E-state index contributed by atoms with van der Waals surface area (Å²) in [7, 11) is 3.18. The summed E-state index contributed by atoms with van der Waals surface area (Å²) in [5.74, 6) is 1.08. The van der Waals surface area contributed by atoms with E-state index in [9.17, 15) is 4.79 Å². The van der Waals surface area contributed by atoms with Gasteiger partial charge in [-0.05, 0) is 42.5 Å². The molecule has 33 heavy (non-hydrogen) atoms. The van der Waals surface area contributed by atoms with E-state index >= 15 is 0 Å². The van der Waals surface area contributed by atoms with Crippen LogP contribution in [0.4, 0.5) is 5.69 Å². The van der Waals surface area contributed by atoms with Gasteiger partial charge in [0.2, 0.25) is 5.91 Å². The Hall–Kier alpha value is -3.61. The van der Waals surface area contributed by atoms with Gasteiger partial charge in [-0.3, -0.25) is 4.79 Å². The van der Waals surface area contributed by atoms with Crippen molar-refractivity contribution >= 4 is 40.6 Å². The standard InChI is InChI=1S/C26H21ClN2O3S/c1-31-20-11-12-24(32-2)18(15-20)10-13-25(30)28-19-7-5-6-17(14-19)23-16-33-26(29-23)21-8-3-4-9-22(21)27/h3-16H,1-2H3,(H,28,30)/b13-10+. The van der Waals surface area contributed by atoms with Crippen molar-refractivity contribution in [2.75, 3.05) is 19.5 Å². The van der Waals surface area contributed by atoms with Gasteiger partial charge in [0, 0.05) is 33.8 Å². The predicted molar refractivity (Wildman–Crippen MR) is 135 cm³/mol. The molecule has 0 saturated carbocycles. The molecule has 0 radical (unpaired) electrons. The van der Waals surface area contributed by atoms with Gasteiger partial charge in [-0.2, -0.15) is 0 Å². The highest BCUT2D eigenvalue weighted by molar-refractivity contribution is 7.13. The fraction of sp³-hybridized carbons (Fsp3) is 0.0769. The van der Waals surface area contributed by atoms with Gasteiger partial charge >= 0.3 is 0 Å². The van der Waals surface area contributed by atoms with Gasteiger partial charge in [0.25, 0.3) is 0 Å². The summed E-state index contributed by atoms with van der Waals surface area (Å²) in [6.45, 7) is 0. The summed E-state index contributed by atoms with van der Waals surface area (Å²) < 4.78 is 10.6. The molecule has 0 spiro atoms. The van der Waals surface area contributed by atoms with Crippen molar-refractivity contribution in [3.63, 3.8) is 0 Å². The van der Waals surface area contributed by atoms with E-state index in [1.165, 1.54) is 17.4 Å². The summed E-state index contributed by atoms with van der Waals surface area (Å²) in [5, 5.41) is 6.39. The minimum atomic E-state index is -0.257. The minimum Gasteiger partial charge on any atom is -0.497 e. The molecule has 0 saturated heterocycles. The van der Waals surface area contributed by atoms with Gasteiger partial charge in [0.15, 0.2) is 0 Å². The fourth-order valence-electron chi connectivity index (χ4n) is 3.24. The minimum absolute atomic E-state index is 0.257. The number of hydrogen-bond acceptors (Lipinski definition) is 5. The third kappa shape index (κ3) is 5.42. The first-order valence-corrected chi connectivity index (χ1v) is 11.3. The van der Waals surface area contributed by atoms with Crippen molar-refractivity contribution in [3.05, 3.63) is 88.8 Å². The maximum atomic E-state index is 12.5. The zero-order chi connectivity index (χ0) is 23.2. The van der Waals surface area contributed by atoms with E-state index < -0.39 is 0 Å². The Bertz CT molecular complexity index is 1320. The Morgan fingerprint density at radius 2 is 1.88 bits per heavy atom. The smallest absolute Gasteiger partial charge is 0.248 e. The highest BCUT2D eigenvalue weighted by atomic mass is 35.5. The number of carbonyl (C=O) groups excluding carboxylic acids is 1. The van der Waals surface area contributed by atoms with Crippen LogP contribution in [0.3, 0.4) is 0 Å². The first-order chi connectivity index (χ1) is 16.1. The average Bonchev–Trinajstić information content (AvgIpc) is 3.33. The van der Waals surface area contributed by atoms with Crippen molar-refractivity contribution in [1.29, 1.82) is 0 Å². The molecule has 0 bridgehead atoms. The van der Waals surface area contributed by atoms with Gasteiger partial charge in [0.05, 0.1) is 24.9 Å². The maximum Gasteiger partial charge on any atom is 0.248 e. The van der Waals surface area contributed by atoms with Crippen molar-refractivity contribution in [3.8, 4) is 33.3 Å². The Morgan fingerprint density at radius 3 is 2.67 bits per heavy atom. The van der Waals surface area contributed by atoms with Crippen LogP contribution >= 0.6 is 22.9 Å².